The lowest BCUT2D eigenvalue weighted by Gasteiger charge is -2.06. The molecule has 2 N–H and O–H groups in total. The summed E-state index contributed by atoms with van der Waals surface area (Å²) in [5, 5.41) is 25.3. The third-order valence-electron chi connectivity index (χ3n) is 4.87. The molecule has 0 radical (unpaired) electrons. The Morgan fingerprint density at radius 2 is 2.00 bits per heavy atom. The minimum atomic E-state index is 0.140. The van der Waals surface area contributed by atoms with Crippen LogP contribution in [0.3, 0.4) is 0 Å². The van der Waals surface area contributed by atoms with Gasteiger partial charge in [0.15, 0.2) is 0 Å². The van der Waals surface area contributed by atoms with Gasteiger partial charge in [-0.3, -0.25) is 5.10 Å². The summed E-state index contributed by atoms with van der Waals surface area (Å²) in [4.78, 5) is 2.38. The molecule has 2 heterocycles. The summed E-state index contributed by atoms with van der Waals surface area (Å²) in [7, 11) is 2.18. The van der Waals surface area contributed by atoms with E-state index in [1.807, 2.05) is 19.1 Å². The zero-order valence-corrected chi connectivity index (χ0v) is 20.7. The van der Waals surface area contributed by atoms with Crippen LogP contribution in [0.15, 0.2) is 53.5 Å². The number of phenols is 1. The lowest BCUT2D eigenvalue weighted by atomic mass is 10.0. The summed E-state index contributed by atoms with van der Waals surface area (Å²) >= 11 is 0. The molecule has 0 amide bonds. The fourth-order valence-electron chi connectivity index (χ4n) is 3.25. The minimum absolute atomic E-state index is 0.140. The maximum atomic E-state index is 10.3. The van der Waals surface area contributed by atoms with Crippen LogP contribution in [-0.2, 0) is 0 Å². The van der Waals surface area contributed by atoms with Crippen molar-refractivity contribution < 1.29 is 5.11 Å². The molecule has 1 aliphatic rings. The molecule has 3 rings (SSSR count). The summed E-state index contributed by atoms with van der Waals surface area (Å²) < 4.78 is 0. The van der Waals surface area contributed by atoms with Crippen LogP contribution in [0.4, 0.5) is 0 Å². The Balaban J connectivity index is 0.000000424. The fraction of sp³-hybridized carbons (Fsp3) is 0.500. The van der Waals surface area contributed by atoms with Crippen LogP contribution in [0, 0.1) is 5.92 Å². The van der Waals surface area contributed by atoms with E-state index >= 15 is 0 Å². The van der Waals surface area contributed by atoms with Gasteiger partial charge in [0.2, 0.25) is 0 Å². The monoisotopic (exact) mass is 439 g/mol. The van der Waals surface area contributed by atoms with Crippen LogP contribution in [0.1, 0.15) is 65.9 Å². The van der Waals surface area contributed by atoms with Gasteiger partial charge in [0.1, 0.15) is 5.75 Å². The van der Waals surface area contributed by atoms with Crippen molar-refractivity contribution in [3.63, 3.8) is 0 Å². The number of hydrogen-bond donors (Lipinski definition) is 2. The normalized spacial score (nSPS) is 16.6. The zero-order chi connectivity index (χ0) is 23.9. The summed E-state index contributed by atoms with van der Waals surface area (Å²) in [6.07, 6.45) is 9.65. The second-order valence-electron chi connectivity index (χ2n) is 8.36. The van der Waals surface area contributed by atoms with E-state index < -0.39 is 0 Å². The van der Waals surface area contributed by atoms with Crippen molar-refractivity contribution in [2.24, 2.45) is 16.1 Å². The molecule has 176 valence electrons. The number of H-pyrrole nitrogens is 1. The molecule has 1 aromatic heterocycles. The average molecular weight is 440 g/mol. The highest BCUT2D eigenvalue weighted by Gasteiger charge is 2.13. The van der Waals surface area contributed by atoms with Gasteiger partial charge >= 0.3 is 0 Å². The van der Waals surface area contributed by atoms with Gasteiger partial charge in [0, 0.05) is 29.6 Å². The maximum absolute atomic E-state index is 10.3. The van der Waals surface area contributed by atoms with Gasteiger partial charge < -0.3 is 10.0 Å². The van der Waals surface area contributed by atoms with E-state index in [-0.39, 0.29) is 5.75 Å². The minimum Gasteiger partial charge on any atom is -0.507 e. The van der Waals surface area contributed by atoms with Crippen molar-refractivity contribution in [2.45, 2.75) is 60.3 Å². The van der Waals surface area contributed by atoms with E-state index in [0.717, 1.165) is 35.6 Å². The number of hydrogen-bond acceptors (Lipinski definition) is 5. The molecular formula is C26H41N5O. The highest BCUT2D eigenvalue weighted by Crippen LogP contribution is 2.26. The molecule has 1 atom stereocenters. The topological polar surface area (TPSA) is 76.9 Å². The molecule has 0 aliphatic carbocycles. The Kier molecular flexibility index (Phi) is 12.9. The van der Waals surface area contributed by atoms with Crippen molar-refractivity contribution in [2.75, 3.05) is 20.1 Å². The standard InChI is InChI=1S/C17H20N4O.C6H13N.C3H8/c1-4-6-12(3)20-21-16(5-2)15-8-7-13(9-17(15)22)14-10-18-19-11-14;1-6-3-4-7(2)5-6;1-3-2/h5,7-11,22H,2,4,6H2,1,3H3,(H,18,19);6H,3-5H2,1-2H3;3H2,1-2H3/b20-12+,21-16+;;/t;6-;/m.1./s1. The van der Waals surface area contributed by atoms with Gasteiger partial charge in [0.05, 0.1) is 11.9 Å². The number of aromatic amines is 1. The van der Waals surface area contributed by atoms with Gasteiger partial charge in [-0.25, -0.2) is 0 Å². The fourth-order valence-corrected chi connectivity index (χ4v) is 3.25. The summed E-state index contributed by atoms with van der Waals surface area (Å²) in [6, 6.07) is 5.40. The van der Waals surface area contributed by atoms with Crippen LogP contribution in [0.5, 0.6) is 5.75 Å². The number of phenolic OH excluding ortho intramolecular Hbond substituents is 1. The van der Waals surface area contributed by atoms with Crippen LogP contribution in [-0.4, -0.2) is 51.8 Å². The molecule has 0 saturated carbocycles. The first-order chi connectivity index (χ1) is 15.4. The smallest absolute Gasteiger partial charge is 0.125 e. The van der Waals surface area contributed by atoms with Crippen molar-refractivity contribution in [3.8, 4) is 16.9 Å². The van der Waals surface area contributed by atoms with Gasteiger partial charge in [-0.05, 0) is 63.0 Å². The number of benzene rings is 1. The number of aromatic nitrogens is 2. The molecule has 1 aromatic carbocycles. The first kappa shape index (κ1) is 27.3. The number of likely N-dealkylation sites (tertiary alicyclic amines) is 1. The van der Waals surface area contributed by atoms with Crippen molar-refractivity contribution in [3.05, 3.63) is 48.8 Å². The predicted octanol–water partition coefficient (Wildman–Crippen LogP) is 6.31. The number of nitrogens with zero attached hydrogens (tertiary/aromatic N) is 4. The number of allylic oxidation sites excluding steroid dienone is 1. The first-order valence-corrected chi connectivity index (χ1v) is 11.6. The average Bonchev–Trinajstić information content (AvgIpc) is 3.42. The third-order valence-corrected chi connectivity index (χ3v) is 4.87. The third kappa shape index (κ3) is 9.60. The molecule has 1 aliphatic heterocycles. The van der Waals surface area contributed by atoms with E-state index in [0.29, 0.717) is 11.3 Å². The lowest BCUT2D eigenvalue weighted by Crippen LogP contribution is -2.12. The maximum Gasteiger partial charge on any atom is 0.125 e. The van der Waals surface area contributed by atoms with E-state index in [9.17, 15) is 5.11 Å². The van der Waals surface area contributed by atoms with Crippen LogP contribution in [0.25, 0.3) is 11.1 Å². The van der Waals surface area contributed by atoms with Gasteiger partial charge in [-0.15, -0.1) is 0 Å². The molecule has 6 nitrogen and oxygen atoms in total. The molecule has 1 saturated heterocycles. The Bertz CT molecular complexity index is 847. The van der Waals surface area contributed by atoms with Gasteiger partial charge in [-0.2, -0.15) is 15.3 Å². The van der Waals surface area contributed by atoms with E-state index in [2.05, 4.69) is 66.6 Å². The molecule has 1 fully saturated rings. The second kappa shape index (κ2) is 15.1. The first-order valence-electron chi connectivity index (χ1n) is 11.6. The van der Waals surface area contributed by atoms with Crippen molar-refractivity contribution in [1.82, 2.24) is 15.1 Å². The largest absolute Gasteiger partial charge is 0.507 e. The Morgan fingerprint density at radius 3 is 2.44 bits per heavy atom. The molecule has 0 spiro atoms. The Labute approximate surface area is 194 Å². The van der Waals surface area contributed by atoms with Gasteiger partial charge in [0.25, 0.3) is 0 Å². The lowest BCUT2D eigenvalue weighted by molar-refractivity contribution is 0.402. The SMILES string of the molecule is C=C/C(=N\N=C(/C)CCC)c1ccc(-c2cn[nH]c2)cc1O.CCC.C[C@@H]1CCN(C)C1. The Morgan fingerprint density at radius 1 is 1.28 bits per heavy atom. The second-order valence-corrected chi connectivity index (χ2v) is 8.36. The molecule has 6 heteroatoms. The quantitative estimate of drug-likeness (QED) is 0.409. The molecule has 0 unspecified atom stereocenters. The Hall–Kier alpha value is -2.73. The zero-order valence-electron chi connectivity index (χ0n) is 20.7. The van der Waals surface area contributed by atoms with Crippen LogP contribution in [0.2, 0.25) is 0 Å². The highest BCUT2D eigenvalue weighted by atomic mass is 16.3. The predicted molar refractivity (Wildman–Crippen MR) is 138 cm³/mol. The van der Waals surface area contributed by atoms with Crippen LogP contribution < -0.4 is 0 Å². The van der Waals surface area contributed by atoms with Crippen molar-refractivity contribution in [1.29, 1.82) is 0 Å². The number of nitrogens with one attached hydrogen (secondary N) is 1. The highest BCUT2D eigenvalue weighted by molar-refractivity contribution is 6.10. The molecule has 32 heavy (non-hydrogen) atoms. The van der Waals surface area contributed by atoms with E-state index in [4.69, 9.17) is 0 Å². The number of aromatic hydroxyl groups is 1. The van der Waals surface area contributed by atoms with Gasteiger partial charge in [-0.1, -0.05) is 53.2 Å². The van der Waals surface area contributed by atoms with E-state index in [1.165, 1.54) is 25.9 Å². The summed E-state index contributed by atoms with van der Waals surface area (Å²) in [5.74, 6) is 1.09. The van der Waals surface area contributed by atoms with Crippen molar-refractivity contribution >= 4 is 11.4 Å². The number of rotatable bonds is 6. The summed E-state index contributed by atoms with van der Waals surface area (Å²) in [6.45, 7) is 17.0. The van der Waals surface area contributed by atoms with Crippen LogP contribution >= 0.6 is 0 Å². The van der Waals surface area contributed by atoms with E-state index in [1.54, 1.807) is 24.5 Å². The molecular weight excluding hydrogens is 398 g/mol. The molecule has 0 bridgehead atoms. The molecule has 2 aromatic rings. The summed E-state index contributed by atoms with van der Waals surface area (Å²) in [5.41, 5.74) is 3.90.